The fourth-order valence-corrected chi connectivity index (χ4v) is 5.19. The summed E-state index contributed by atoms with van der Waals surface area (Å²) in [6.07, 6.45) is 0.791. The van der Waals surface area contributed by atoms with Crippen molar-refractivity contribution in [2.24, 2.45) is 0 Å². The van der Waals surface area contributed by atoms with Gasteiger partial charge in [-0.2, -0.15) is 0 Å². The standard InChI is InChI=1S/C30H29N3O4S2/c1-21-18-22(2)20-26(19-21)33-39(35,36)28-14-10-25(11-15-28)31-30(38)32-29(34)24-8-12-27(13-9-24)37-17-16-23-6-4-3-5-7-23/h3-15,18-20,33H,16-17H2,1-2H3,(H2,31,32,34,38). The number of rotatable bonds is 9. The highest BCUT2D eigenvalue weighted by molar-refractivity contribution is 7.92. The molecule has 0 bridgehead atoms. The van der Waals surface area contributed by atoms with E-state index in [1.807, 2.05) is 38.1 Å². The highest BCUT2D eigenvalue weighted by Crippen LogP contribution is 2.20. The Morgan fingerprint density at radius 2 is 1.46 bits per heavy atom. The van der Waals surface area contributed by atoms with Crippen molar-refractivity contribution in [1.82, 2.24) is 5.32 Å². The first-order chi connectivity index (χ1) is 18.7. The third-order valence-corrected chi connectivity index (χ3v) is 7.34. The van der Waals surface area contributed by atoms with Crippen molar-refractivity contribution in [3.05, 3.63) is 119 Å². The highest BCUT2D eigenvalue weighted by Gasteiger charge is 2.15. The zero-order valence-corrected chi connectivity index (χ0v) is 23.2. The molecule has 9 heteroatoms. The minimum Gasteiger partial charge on any atom is -0.493 e. The van der Waals surface area contributed by atoms with Crippen LogP contribution in [0.4, 0.5) is 11.4 Å². The van der Waals surface area contributed by atoms with Crippen molar-refractivity contribution in [3.8, 4) is 5.75 Å². The molecule has 0 heterocycles. The molecule has 0 aliphatic rings. The lowest BCUT2D eigenvalue weighted by Gasteiger charge is -2.12. The van der Waals surface area contributed by atoms with Crippen molar-refractivity contribution in [2.75, 3.05) is 16.6 Å². The van der Waals surface area contributed by atoms with E-state index in [9.17, 15) is 13.2 Å². The van der Waals surface area contributed by atoms with Crippen LogP contribution in [0.15, 0.2) is 102 Å². The molecule has 0 aromatic heterocycles. The highest BCUT2D eigenvalue weighted by atomic mass is 32.2. The normalized spacial score (nSPS) is 10.9. The number of benzene rings is 4. The van der Waals surface area contributed by atoms with Crippen LogP contribution in [0.5, 0.6) is 5.75 Å². The number of amides is 1. The summed E-state index contributed by atoms with van der Waals surface area (Å²) in [5.74, 6) is 0.297. The molecule has 0 fully saturated rings. The molecule has 0 atom stereocenters. The minimum absolute atomic E-state index is 0.0900. The SMILES string of the molecule is Cc1cc(C)cc(NS(=O)(=O)c2ccc(NC(=S)NC(=O)c3ccc(OCCc4ccccc4)cc3)cc2)c1. The van der Waals surface area contributed by atoms with Gasteiger partial charge in [-0.25, -0.2) is 8.42 Å². The van der Waals surface area contributed by atoms with Gasteiger partial charge in [0.05, 0.1) is 11.5 Å². The van der Waals surface area contributed by atoms with Gasteiger partial charge >= 0.3 is 0 Å². The van der Waals surface area contributed by atoms with Gasteiger partial charge in [0.15, 0.2) is 5.11 Å². The predicted octanol–water partition coefficient (Wildman–Crippen LogP) is 5.85. The van der Waals surface area contributed by atoms with Crippen molar-refractivity contribution in [2.45, 2.75) is 25.2 Å². The lowest BCUT2D eigenvalue weighted by atomic mass is 10.1. The Kier molecular flexibility index (Phi) is 8.96. The van der Waals surface area contributed by atoms with E-state index >= 15 is 0 Å². The number of thiocarbonyl (C=S) groups is 1. The summed E-state index contributed by atoms with van der Waals surface area (Å²) in [6, 6.07) is 28.5. The zero-order valence-electron chi connectivity index (χ0n) is 21.6. The lowest BCUT2D eigenvalue weighted by molar-refractivity contribution is 0.0977. The van der Waals surface area contributed by atoms with Crippen LogP contribution in [0, 0.1) is 13.8 Å². The van der Waals surface area contributed by atoms with Gasteiger partial charge in [0, 0.05) is 23.4 Å². The second kappa shape index (κ2) is 12.6. The van der Waals surface area contributed by atoms with Crippen molar-refractivity contribution < 1.29 is 17.9 Å². The summed E-state index contributed by atoms with van der Waals surface area (Å²) in [6.45, 7) is 4.35. The van der Waals surface area contributed by atoms with Crippen LogP contribution in [0.3, 0.4) is 0 Å². The maximum atomic E-state index is 12.8. The van der Waals surface area contributed by atoms with E-state index in [-0.39, 0.29) is 15.9 Å². The first kappa shape index (κ1) is 27.8. The third kappa shape index (κ3) is 8.13. The Balaban J connectivity index is 1.27. The number of anilines is 2. The maximum Gasteiger partial charge on any atom is 0.261 e. The average molecular weight is 560 g/mol. The number of nitrogens with one attached hydrogen (secondary N) is 3. The van der Waals surface area contributed by atoms with Crippen LogP contribution in [-0.2, 0) is 16.4 Å². The van der Waals surface area contributed by atoms with Crippen molar-refractivity contribution >= 4 is 44.6 Å². The topological polar surface area (TPSA) is 96.5 Å². The number of sulfonamides is 1. The summed E-state index contributed by atoms with van der Waals surface area (Å²) in [5.41, 5.74) is 4.59. The Hall–Kier alpha value is -4.21. The van der Waals surface area contributed by atoms with E-state index in [2.05, 4.69) is 27.5 Å². The van der Waals surface area contributed by atoms with Gasteiger partial charge in [-0.1, -0.05) is 36.4 Å². The van der Waals surface area contributed by atoms with Gasteiger partial charge in [0.25, 0.3) is 15.9 Å². The van der Waals surface area contributed by atoms with Crippen LogP contribution in [-0.4, -0.2) is 26.0 Å². The summed E-state index contributed by atoms with van der Waals surface area (Å²) < 4.78 is 33.9. The van der Waals surface area contributed by atoms with Crippen LogP contribution in [0.2, 0.25) is 0 Å². The van der Waals surface area contributed by atoms with Crippen LogP contribution in [0.25, 0.3) is 0 Å². The Morgan fingerprint density at radius 3 is 2.10 bits per heavy atom. The van der Waals surface area contributed by atoms with E-state index in [1.54, 1.807) is 48.5 Å². The second-order valence-corrected chi connectivity index (χ2v) is 11.1. The summed E-state index contributed by atoms with van der Waals surface area (Å²) in [5, 5.41) is 5.62. The van der Waals surface area contributed by atoms with Gasteiger partial charge < -0.3 is 10.1 Å². The third-order valence-electron chi connectivity index (χ3n) is 5.74. The maximum absolute atomic E-state index is 12.8. The molecule has 0 saturated carbocycles. The monoisotopic (exact) mass is 559 g/mol. The fourth-order valence-electron chi connectivity index (χ4n) is 3.94. The molecular weight excluding hydrogens is 530 g/mol. The van der Waals surface area contributed by atoms with Crippen LogP contribution >= 0.6 is 12.2 Å². The van der Waals surface area contributed by atoms with E-state index in [4.69, 9.17) is 17.0 Å². The number of hydrogen-bond acceptors (Lipinski definition) is 5. The molecule has 200 valence electrons. The molecule has 4 aromatic rings. The van der Waals surface area contributed by atoms with Crippen molar-refractivity contribution in [1.29, 1.82) is 0 Å². The van der Waals surface area contributed by atoms with Gasteiger partial charge in [-0.05, 0) is 103 Å². The Bertz CT molecular complexity index is 1530. The molecule has 0 aliphatic carbocycles. The smallest absolute Gasteiger partial charge is 0.261 e. The molecule has 0 unspecified atom stereocenters. The average Bonchev–Trinajstić information content (AvgIpc) is 2.89. The van der Waals surface area contributed by atoms with Crippen LogP contribution < -0.4 is 20.1 Å². The summed E-state index contributed by atoms with van der Waals surface area (Å²) >= 11 is 5.26. The van der Waals surface area contributed by atoms with Gasteiger partial charge in [0.2, 0.25) is 0 Å². The molecule has 4 rings (SSSR count). The predicted molar refractivity (Wildman–Crippen MR) is 159 cm³/mol. The Morgan fingerprint density at radius 1 is 0.821 bits per heavy atom. The quantitative estimate of drug-likeness (QED) is 0.223. The number of carbonyl (C=O) groups excluding carboxylic acids is 1. The first-order valence-electron chi connectivity index (χ1n) is 12.3. The van der Waals surface area contributed by atoms with E-state index in [0.29, 0.717) is 29.3 Å². The van der Waals surface area contributed by atoms with Gasteiger partial charge in [-0.3, -0.25) is 14.8 Å². The fraction of sp³-hybridized carbons (Fsp3) is 0.133. The zero-order chi connectivity index (χ0) is 27.8. The van der Waals surface area contributed by atoms with E-state index in [1.165, 1.54) is 17.7 Å². The number of ether oxygens (including phenoxy) is 1. The molecule has 3 N–H and O–H groups in total. The second-order valence-electron chi connectivity index (χ2n) is 9.02. The van der Waals surface area contributed by atoms with Crippen molar-refractivity contribution in [3.63, 3.8) is 0 Å². The molecule has 0 saturated heterocycles. The molecule has 39 heavy (non-hydrogen) atoms. The molecule has 0 aliphatic heterocycles. The number of hydrogen-bond donors (Lipinski definition) is 3. The summed E-state index contributed by atoms with van der Waals surface area (Å²) in [7, 11) is -3.76. The Labute approximate surface area is 234 Å². The van der Waals surface area contributed by atoms with Gasteiger partial charge in [-0.15, -0.1) is 0 Å². The largest absolute Gasteiger partial charge is 0.493 e. The molecule has 4 aromatic carbocycles. The molecule has 0 radical (unpaired) electrons. The molecule has 1 amide bonds. The molecule has 0 spiro atoms. The van der Waals surface area contributed by atoms with E-state index in [0.717, 1.165) is 17.5 Å². The molecule has 7 nitrogen and oxygen atoms in total. The lowest BCUT2D eigenvalue weighted by Crippen LogP contribution is -2.34. The van der Waals surface area contributed by atoms with E-state index < -0.39 is 10.0 Å². The first-order valence-corrected chi connectivity index (χ1v) is 14.2. The van der Waals surface area contributed by atoms with Gasteiger partial charge in [0.1, 0.15) is 5.75 Å². The summed E-state index contributed by atoms with van der Waals surface area (Å²) in [4.78, 5) is 12.7. The minimum atomic E-state index is -3.76. The number of aryl methyl sites for hydroxylation is 2. The molecular formula is C30H29N3O4S2. The van der Waals surface area contributed by atoms with Crippen LogP contribution in [0.1, 0.15) is 27.0 Å². The number of carbonyl (C=O) groups is 1.